The Morgan fingerprint density at radius 2 is 2.39 bits per heavy atom. The summed E-state index contributed by atoms with van der Waals surface area (Å²) >= 11 is 0. The molecule has 1 aliphatic rings. The Labute approximate surface area is 106 Å². The molecule has 3 rings (SSSR count). The summed E-state index contributed by atoms with van der Waals surface area (Å²) in [7, 11) is 0. The van der Waals surface area contributed by atoms with Gasteiger partial charge in [-0.2, -0.15) is 0 Å². The SMILES string of the molecule is Fc1cccc([C@H]2CCCN2Cc2ncc[nH]2)c1. The summed E-state index contributed by atoms with van der Waals surface area (Å²) in [4.78, 5) is 9.73. The molecule has 1 fully saturated rings. The molecule has 2 heterocycles. The maximum Gasteiger partial charge on any atom is 0.123 e. The van der Waals surface area contributed by atoms with Crippen LogP contribution < -0.4 is 0 Å². The Bertz CT molecular complexity index is 510. The first kappa shape index (κ1) is 11.4. The molecular formula is C14H16FN3. The van der Waals surface area contributed by atoms with Gasteiger partial charge in [-0.05, 0) is 37.1 Å². The van der Waals surface area contributed by atoms with E-state index >= 15 is 0 Å². The lowest BCUT2D eigenvalue weighted by molar-refractivity contribution is 0.242. The van der Waals surface area contributed by atoms with Crippen LogP contribution in [0, 0.1) is 5.82 Å². The summed E-state index contributed by atoms with van der Waals surface area (Å²) in [5, 5.41) is 0. The Kier molecular flexibility index (Phi) is 3.11. The second kappa shape index (κ2) is 4.90. The van der Waals surface area contributed by atoms with Gasteiger partial charge < -0.3 is 4.98 Å². The third-order valence-corrected chi connectivity index (χ3v) is 3.50. The molecule has 3 nitrogen and oxygen atoms in total. The lowest BCUT2D eigenvalue weighted by Gasteiger charge is -2.23. The fourth-order valence-electron chi connectivity index (χ4n) is 2.68. The highest BCUT2D eigenvalue weighted by Gasteiger charge is 2.26. The lowest BCUT2D eigenvalue weighted by Crippen LogP contribution is -2.23. The number of aromatic nitrogens is 2. The van der Waals surface area contributed by atoms with Crippen molar-refractivity contribution < 1.29 is 4.39 Å². The molecule has 0 amide bonds. The Hall–Kier alpha value is -1.68. The Balaban J connectivity index is 1.79. The van der Waals surface area contributed by atoms with Crippen LogP contribution in [0.15, 0.2) is 36.7 Å². The highest BCUT2D eigenvalue weighted by molar-refractivity contribution is 5.21. The van der Waals surface area contributed by atoms with Crippen molar-refractivity contribution in [3.05, 3.63) is 53.9 Å². The van der Waals surface area contributed by atoms with Crippen molar-refractivity contribution in [2.45, 2.75) is 25.4 Å². The minimum Gasteiger partial charge on any atom is -0.348 e. The van der Waals surface area contributed by atoms with Crippen LogP contribution in [0.3, 0.4) is 0 Å². The van der Waals surface area contributed by atoms with Crippen molar-refractivity contribution in [1.29, 1.82) is 0 Å². The first-order valence-electron chi connectivity index (χ1n) is 6.31. The molecule has 1 aromatic carbocycles. The molecule has 0 bridgehead atoms. The van der Waals surface area contributed by atoms with E-state index in [9.17, 15) is 4.39 Å². The number of nitrogens with zero attached hydrogens (tertiary/aromatic N) is 2. The van der Waals surface area contributed by atoms with Gasteiger partial charge in [0.25, 0.3) is 0 Å². The van der Waals surface area contributed by atoms with Gasteiger partial charge in [0.05, 0.1) is 6.54 Å². The Morgan fingerprint density at radius 1 is 1.44 bits per heavy atom. The number of hydrogen-bond acceptors (Lipinski definition) is 2. The molecular weight excluding hydrogens is 229 g/mol. The van der Waals surface area contributed by atoms with Crippen LogP contribution >= 0.6 is 0 Å². The predicted octanol–water partition coefficient (Wildman–Crippen LogP) is 2.89. The van der Waals surface area contributed by atoms with Crippen molar-refractivity contribution in [2.75, 3.05) is 6.54 Å². The van der Waals surface area contributed by atoms with E-state index in [1.54, 1.807) is 18.3 Å². The van der Waals surface area contributed by atoms with Gasteiger partial charge in [0, 0.05) is 18.4 Å². The van der Waals surface area contributed by atoms with E-state index in [1.165, 1.54) is 6.07 Å². The van der Waals surface area contributed by atoms with Crippen molar-refractivity contribution in [3.8, 4) is 0 Å². The monoisotopic (exact) mass is 245 g/mol. The van der Waals surface area contributed by atoms with E-state index in [0.717, 1.165) is 37.3 Å². The molecule has 0 spiro atoms. The lowest BCUT2D eigenvalue weighted by atomic mass is 10.0. The molecule has 2 aromatic rings. The standard InChI is InChI=1S/C14H16FN3/c15-12-4-1-3-11(9-12)13-5-2-8-18(13)10-14-16-6-7-17-14/h1,3-4,6-7,9,13H,2,5,8,10H2,(H,16,17)/t13-/m1/s1. The number of benzene rings is 1. The largest absolute Gasteiger partial charge is 0.348 e. The van der Waals surface area contributed by atoms with Gasteiger partial charge in [0.1, 0.15) is 11.6 Å². The number of hydrogen-bond donors (Lipinski definition) is 1. The second-order valence-corrected chi connectivity index (χ2v) is 4.72. The van der Waals surface area contributed by atoms with E-state index in [0.29, 0.717) is 6.04 Å². The number of likely N-dealkylation sites (tertiary alicyclic amines) is 1. The highest BCUT2D eigenvalue weighted by Crippen LogP contribution is 2.32. The van der Waals surface area contributed by atoms with Crippen LogP contribution in [0.4, 0.5) is 4.39 Å². The number of imidazole rings is 1. The number of nitrogens with one attached hydrogen (secondary N) is 1. The second-order valence-electron chi connectivity index (χ2n) is 4.72. The molecule has 1 atom stereocenters. The zero-order chi connectivity index (χ0) is 12.4. The van der Waals surface area contributed by atoms with Gasteiger partial charge in [-0.3, -0.25) is 4.90 Å². The zero-order valence-corrected chi connectivity index (χ0v) is 10.1. The zero-order valence-electron chi connectivity index (χ0n) is 10.1. The Morgan fingerprint density at radius 3 is 3.17 bits per heavy atom. The van der Waals surface area contributed by atoms with Crippen LogP contribution in [0.1, 0.15) is 30.3 Å². The summed E-state index contributed by atoms with van der Waals surface area (Å²) in [6, 6.07) is 7.24. The molecule has 1 aromatic heterocycles. The highest BCUT2D eigenvalue weighted by atomic mass is 19.1. The molecule has 0 aliphatic carbocycles. The average Bonchev–Trinajstić information content (AvgIpc) is 3.01. The normalized spacial score (nSPS) is 20.4. The van der Waals surface area contributed by atoms with Crippen LogP contribution in [0.25, 0.3) is 0 Å². The molecule has 94 valence electrons. The topological polar surface area (TPSA) is 31.9 Å². The molecule has 0 saturated carbocycles. The predicted molar refractivity (Wildman–Crippen MR) is 67.4 cm³/mol. The third-order valence-electron chi connectivity index (χ3n) is 3.50. The number of halogens is 1. The molecule has 0 radical (unpaired) electrons. The summed E-state index contributed by atoms with van der Waals surface area (Å²) in [5.41, 5.74) is 1.07. The fraction of sp³-hybridized carbons (Fsp3) is 0.357. The first-order chi connectivity index (χ1) is 8.83. The minimum absolute atomic E-state index is 0.155. The maximum atomic E-state index is 13.3. The van der Waals surface area contributed by atoms with Gasteiger partial charge in [-0.1, -0.05) is 12.1 Å². The van der Waals surface area contributed by atoms with Gasteiger partial charge in [0.2, 0.25) is 0 Å². The first-order valence-corrected chi connectivity index (χ1v) is 6.31. The summed E-state index contributed by atoms with van der Waals surface area (Å²) in [6.07, 6.45) is 5.84. The van der Waals surface area contributed by atoms with Crippen molar-refractivity contribution in [2.24, 2.45) is 0 Å². The molecule has 1 N–H and O–H groups in total. The van der Waals surface area contributed by atoms with Crippen LogP contribution in [0.5, 0.6) is 0 Å². The van der Waals surface area contributed by atoms with E-state index in [1.807, 2.05) is 12.3 Å². The van der Waals surface area contributed by atoms with Crippen molar-refractivity contribution in [1.82, 2.24) is 14.9 Å². The van der Waals surface area contributed by atoms with E-state index in [2.05, 4.69) is 14.9 Å². The van der Waals surface area contributed by atoms with Gasteiger partial charge in [-0.25, -0.2) is 9.37 Å². The summed E-state index contributed by atoms with van der Waals surface area (Å²) in [5.74, 6) is 0.815. The minimum atomic E-state index is -0.155. The molecule has 0 unspecified atom stereocenters. The molecule has 1 saturated heterocycles. The van der Waals surface area contributed by atoms with Crippen LogP contribution in [-0.2, 0) is 6.54 Å². The molecule has 4 heteroatoms. The quantitative estimate of drug-likeness (QED) is 0.901. The van der Waals surface area contributed by atoms with Crippen LogP contribution in [-0.4, -0.2) is 21.4 Å². The van der Waals surface area contributed by atoms with Gasteiger partial charge >= 0.3 is 0 Å². The number of aromatic amines is 1. The average molecular weight is 245 g/mol. The maximum absolute atomic E-state index is 13.3. The third kappa shape index (κ3) is 2.29. The summed E-state index contributed by atoms with van der Waals surface area (Å²) in [6.45, 7) is 1.84. The molecule has 18 heavy (non-hydrogen) atoms. The summed E-state index contributed by atoms with van der Waals surface area (Å²) < 4.78 is 13.3. The van der Waals surface area contributed by atoms with E-state index in [-0.39, 0.29) is 5.82 Å². The fourth-order valence-corrected chi connectivity index (χ4v) is 2.68. The smallest absolute Gasteiger partial charge is 0.123 e. The van der Waals surface area contributed by atoms with Crippen molar-refractivity contribution in [3.63, 3.8) is 0 Å². The van der Waals surface area contributed by atoms with Gasteiger partial charge in [-0.15, -0.1) is 0 Å². The number of rotatable bonds is 3. The van der Waals surface area contributed by atoms with Gasteiger partial charge in [0.15, 0.2) is 0 Å². The molecule has 1 aliphatic heterocycles. The van der Waals surface area contributed by atoms with Crippen LogP contribution in [0.2, 0.25) is 0 Å². The van der Waals surface area contributed by atoms with Crippen molar-refractivity contribution >= 4 is 0 Å². The number of H-pyrrole nitrogens is 1. The van der Waals surface area contributed by atoms with E-state index in [4.69, 9.17) is 0 Å². The van der Waals surface area contributed by atoms with E-state index < -0.39 is 0 Å².